The van der Waals surface area contributed by atoms with Crippen LogP contribution in [0.25, 0.3) is 0 Å². The maximum atomic E-state index is 11.8. The van der Waals surface area contributed by atoms with Gasteiger partial charge in [-0.3, -0.25) is 15.1 Å². The molecular weight excluding hydrogens is 352 g/mol. The van der Waals surface area contributed by atoms with Crippen LogP contribution in [0.4, 0.5) is 11.4 Å². The smallest absolute Gasteiger partial charge is 0.347 e. The van der Waals surface area contributed by atoms with Crippen molar-refractivity contribution in [3.63, 3.8) is 0 Å². The molecule has 8 heteroatoms. The fraction of sp³-hybridized carbons (Fsp3) is 0.263. The first kappa shape index (κ1) is 19.9. The molecule has 0 spiro atoms. The highest BCUT2D eigenvalue weighted by Crippen LogP contribution is 2.26. The monoisotopic (exact) mass is 372 g/mol. The second-order valence-electron chi connectivity index (χ2n) is 5.47. The molecule has 0 aliphatic rings. The molecule has 0 saturated carbocycles. The van der Waals surface area contributed by atoms with E-state index in [9.17, 15) is 14.9 Å². The highest BCUT2D eigenvalue weighted by molar-refractivity contribution is 5.87. The minimum absolute atomic E-state index is 0.107. The first-order valence-corrected chi connectivity index (χ1v) is 8.19. The average molecular weight is 372 g/mol. The number of nitro groups is 1. The summed E-state index contributed by atoms with van der Waals surface area (Å²) in [7, 11) is 2.84. The molecule has 0 aliphatic carbocycles. The van der Waals surface area contributed by atoms with Crippen LogP contribution in [0.3, 0.4) is 0 Å². The minimum atomic E-state index is -0.815. The van der Waals surface area contributed by atoms with Crippen LogP contribution >= 0.6 is 0 Å². The third kappa shape index (κ3) is 5.27. The van der Waals surface area contributed by atoms with Gasteiger partial charge in [-0.25, -0.2) is 4.79 Å². The van der Waals surface area contributed by atoms with E-state index in [1.54, 1.807) is 38.3 Å². The molecule has 2 aromatic carbocycles. The summed E-state index contributed by atoms with van der Waals surface area (Å²) < 4.78 is 15.5. The van der Waals surface area contributed by atoms with Gasteiger partial charge >= 0.3 is 5.97 Å². The summed E-state index contributed by atoms with van der Waals surface area (Å²) in [6.45, 7) is 1.78. The lowest BCUT2D eigenvalue weighted by atomic mass is 10.1. The van der Waals surface area contributed by atoms with Crippen molar-refractivity contribution in [3.8, 4) is 11.5 Å². The Morgan fingerprint density at radius 3 is 2.48 bits per heavy atom. The second kappa shape index (κ2) is 9.33. The van der Waals surface area contributed by atoms with Crippen LogP contribution in [-0.2, 0) is 9.53 Å². The van der Waals surface area contributed by atoms with Crippen LogP contribution in [-0.4, -0.2) is 37.4 Å². The number of nitro benzene ring substituents is 1. The van der Waals surface area contributed by atoms with Crippen LogP contribution < -0.4 is 9.47 Å². The van der Waals surface area contributed by atoms with Gasteiger partial charge < -0.3 is 14.2 Å². The standard InChI is InChI=1S/C19H20N2O6/c1-4-17(19(22)26-3)27-18-10-7-15(21(23)24)11-13(18)12-20-14-5-8-16(25-2)9-6-14/h5-12,17H,4H2,1-3H3. The number of benzene rings is 2. The number of non-ortho nitro benzene ring substituents is 1. The number of esters is 1. The average Bonchev–Trinajstić information content (AvgIpc) is 2.70. The van der Waals surface area contributed by atoms with Crippen molar-refractivity contribution in [1.82, 2.24) is 0 Å². The molecule has 0 N–H and O–H groups in total. The quantitative estimate of drug-likeness (QED) is 0.303. The van der Waals surface area contributed by atoms with Crippen molar-refractivity contribution in [2.45, 2.75) is 19.4 Å². The van der Waals surface area contributed by atoms with Gasteiger partial charge in [-0.2, -0.15) is 0 Å². The van der Waals surface area contributed by atoms with Crippen molar-refractivity contribution < 1.29 is 23.9 Å². The van der Waals surface area contributed by atoms with E-state index in [-0.39, 0.29) is 5.69 Å². The SMILES string of the molecule is CCC(Oc1ccc([N+](=O)[O-])cc1C=Nc1ccc(OC)cc1)C(=O)OC. The molecule has 2 aromatic rings. The van der Waals surface area contributed by atoms with Gasteiger partial charge in [-0.05, 0) is 36.8 Å². The summed E-state index contributed by atoms with van der Waals surface area (Å²) in [5.74, 6) is 0.473. The van der Waals surface area contributed by atoms with Gasteiger partial charge in [0.1, 0.15) is 11.5 Å². The molecular formula is C19H20N2O6. The summed E-state index contributed by atoms with van der Waals surface area (Å²) in [6, 6.07) is 11.1. The van der Waals surface area contributed by atoms with Gasteiger partial charge in [-0.15, -0.1) is 0 Å². The Morgan fingerprint density at radius 1 is 1.22 bits per heavy atom. The second-order valence-corrected chi connectivity index (χ2v) is 5.47. The lowest BCUT2D eigenvalue weighted by Gasteiger charge is -2.16. The van der Waals surface area contributed by atoms with Crippen LogP contribution in [0.15, 0.2) is 47.5 Å². The summed E-state index contributed by atoms with van der Waals surface area (Å²) in [5, 5.41) is 11.1. The number of hydrogen-bond acceptors (Lipinski definition) is 7. The first-order chi connectivity index (χ1) is 13.0. The van der Waals surface area contributed by atoms with Gasteiger partial charge in [0.25, 0.3) is 5.69 Å². The predicted octanol–water partition coefficient (Wildman–Crippen LogP) is 3.68. The zero-order chi connectivity index (χ0) is 19.8. The highest BCUT2D eigenvalue weighted by atomic mass is 16.6. The summed E-state index contributed by atoms with van der Waals surface area (Å²) in [4.78, 5) is 26.7. The maximum Gasteiger partial charge on any atom is 0.347 e. The third-order valence-electron chi connectivity index (χ3n) is 3.73. The number of nitrogens with zero attached hydrogens (tertiary/aromatic N) is 2. The van der Waals surface area contributed by atoms with E-state index in [1.807, 2.05) is 0 Å². The molecule has 0 amide bonds. The molecule has 1 atom stereocenters. The third-order valence-corrected chi connectivity index (χ3v) is 3.73. The Labute approximate surface area is 156 Å². The highest BCUT2D eigenvalue weighted by Gasteiger charge is 2.21. The lowest BCUT2D eigenvalue weighted by molar-refractivity contribution is -0.384. The molecule has 1 unspecified atom stereocenters. The molecule has 27 heavy (non-hydrogen) atoms. The maximum absolute atomic E-state index is 11.8. The van der Waals surface area contributed by atoms with E-state index < -0.39 is 17.0 Å². The van der Waals surface area contributed by atoms with E-state index in [1.165, 1.54) is 31.5 Å². The van der Waals surface area contributed by atoms with Gasteiger partial charge in [-0.1, -0.05) is 6.92 Å². The van der Waals surface area contributed by atoms with Crippen molar-refractivity contribution in [1.29, 1.82) is 0 Å². The zero-order valence-electron chi connectivity index (χ0n) is 15.2. The Kier molecular flexibility index (Phi) is 6.87. The summed E-state index contributed by atoms with van der Waals surface area (Å²) in [6.07, 6.45) is 1.02. The Balaban J connectivity index is 2.35. The van der Waals surface area contributed by atoms with Crippen LogP contribution in [0.2, 0.25) is 0 Å². The van der Waals surface area contributed by atoms with Crippen LogP contribution in [0, 0.1) is 10.1 Å². The molecule has 2 rings (SSSR count). The number of aliphatic imine (C=N–C) groups is 1. The summed E-state index contributed by atoms with van der Waals surface area (Å²) >= 11 is 0. The number of rotatable bonds is 8. The molecule has 0 heterocycles. The molecule has 0 fully saturated rings. The fourth-order valence-corrected chi connectivity index (χ4v) is 2.25. The number of methoxy groups -OCH3 is 2. The molecule has 0 radical (unpaired) electrons. The lowest BCUT2D eigenvalue weighted by Crippen LogP contribution is -2.28. The Hall–Kier alpha value is -3.42. The molecule has 0 bridgehead atoms. The van der Waals surface area contributed by atoms with E-state index in [0.717, 1.165) is 0 Å². The molecule has 0 aliphatic heterocycles. The van der Waals surface area contributed by atoms with Gasteiger partial charge in [0.15, 0.2) is 6.10 Å². The van der Waals surface area contributed by atoms with Crippen molar-refractivity contribution in [3.05, 3.63) is 58.1 Å². The number of hydrogen-bond donors (Lipinski definition) is 0. The molecule has 0 saturated heterocycles. The number of carbonyl (C=O) groups is 1. The van der Waals surface area contributed by atoms with E-state index in [4.69, 9.17) is 14.2 Å². The Bertz CT molecular complexity index is 833. The first-order valence-electron chi connectivity index (χ1n) is 8.19. The molecule has 142 valence electrons. The minimum Gasteiger partial charge on any atom is -0.497 e. The Morgan fingerprint density at radius 2 is 1.93 bits per heavy atom. The van der Waals surface area contributed by atoms with Crippen molar-refractivity contribution in [2.75, 3.05) is 14.2 Å². The van der Waals surface area contributed by atoms with Gasteiger partial charge in [0, 0.05) is 23.9 Å². The normalized spacial score (nSPS) is 11.8. The predicted molar refractivity (Wildman–Crippen MR) is 100 cm³/mol. The van der Waals surface area contributed by atoms with E-state index in [0.29, 0.717) is 29.2 Å². The van der Waals surface area contributed by atoms with Gasteiger partial charge in [0.2, 0.25) is 0 Å². The number of ether oxygens (including phenoxy) is 3. The largest absolute Gasteiger partial charge is 0.497 e. The van der Waals surface area contributed by atoms with Crippen molar-refractivity contribution >= 4 is 23.6 Å². The van der Waals surface area contributed by atoms with E-state index in [2.05, 4.69) is 4.99 Å². The fourth-order valence-electron chi connectivity index (χ4n) is 2.25. The zero-order valence-corrected chi connectivity index (χ0v) is 15.2. The summed E-state index contributed by atoms with van der Waals surface area (Å²) in [5.41, 5.74) is 0.903. The van der Waals surface area contributed by atoms with Crippen LogP contribution in [0.5, 0.6) is 11.5 Å². The molecule has 0 aromatic heterocycles. The van der Waals surface area contributed by atoms with Gasteiger partial charge in [0.05, 0.1) is 24.8 Å². The van der Waals surface area contributed by atoms with Crippen LogP contribution in [0.1, 0.15) is 18.9 Å². The molecule has 8 nitrogen and oxygen atoms in total. The topological polar surface area (TPSA) is 100 Å². The van der Waals surface area contributed by atoms with E-state index >= 15 is 0 Å². The van der Waals surface area contributed by atoms with Crippen molar-refractivity contribution in [2.24, 2.45) is 4.99 Å². The number of carbonyl (C=O) groups excluding carboxylic acids is 1.